The van der Waals surface area contributed by atoms with Gasteiger partial charge in [-0.25, -0.2) is 5.84 Å². The van der Waals surface area contributed by atoms with Crippen molar-refractivity contribution in [2.45, 2.75) is 26.3 Å². The zero-order valence-corrected chi connectivity index (χ0v) is 10.5. The third-order valence-electron chi connectivity index (χ3n) is 3.06. The lowest BCUT2D eigenvalue weighted by Gasteiger charge is -2.28. The lowest BCUT2D eigenvalue weighted by molar-refractivity contribution is -0.150. The van der Waals surface area contributed by atoms with Crippen molar-refractivity contribution in [3.05, 3.63) is 23.7 Å². The molecule has 0 bridgehead atoms. The lowest BCUT2D eigenvalue weighted by Crippen LogP contribution is -2.42. The van der Waals surface area contributed by atoms with E-state index in [0.29, 0.717) is 18.4 Å². The predicted molar refractivity (Wildman–Crippen MR) is 64.3 cm³/mol. The Labute approximate surface area is 109 Å². The van der Waals surface area contributed by atoms with E-state index in [2.05, 4.69) is 0 Å². The van der Waals surface area contributed by atoms with Crippen molar-refractivity contribution in [2.24, 2.45) is 11.8 Å². The largest absolute Gasteiger partial charge is 0.459 e. The molecule has 102 valence electrons. The van der Waals surface area contributed by atoms with E-state index in [4.69, 9.17) is 10.3 Å². The van der Waals surface area contributed by atoms with Crippen molar-refractivity contribution in [1.82, 2.24) is 10.3 Å². The second kappa shape index (κ2) is 5.23. The topological polar surface area (TPSA) is 106 Å². The highest BCUT2D eigenvalue weighted by Crippen LogP contribution is 2.22. The molecule has 0 aliphatic carbocycles. The van der Waals surface area contributed by atoms with Crippen LogP contribution in [0.15, 0.2) is 16.7 Å². The van der Waals surface area contributed by atoms with E-state index in [-0.39, 0.29) is 30.0 Å². The molecule has 0 saturated carbocycles. The van der Waals surface area contributed by atoms with Gasteiger partial charge in [-0.1, -0.05) is 6.92 Å². The van der Waals surface area contributed by atoms with Gasteiger partial charge in [0.25, 0.3) is 0 Å². The summed E-state index contributed by atoms with van der Waals surface area (Å²) in [7, 11) is 0. The summed E-state index contributed by atoms with van der Waals surface area (Å²) >= 11 is 0. The van der Waals surface area contributed by atoms with Crippen molar-refractivity contribution in [3.63, 3.8) is 0 Å². The number of rotatable bonds is 3. The number of hydrogen-bond acceptors (Lipinski definition) is 5. The highest BCUT2D eigenvalue weighted by atomic mass is 16.3. The number of nitrogens with zero attached hydrogens (tertiary/aromatic N) is 1. The van der Waals surface area contributed by atoms with Crippen LogP contribution in [-0.4, -0.2) is 22.6 Å². The summed E-state index contributed by atoms with van der Waals surface area (Å²) < 4.78 is 5.01. The monoisotopic (exact) mass is 265 g/mol. The Balaban J connectivity index is 2.17. The van der Waals surface area contributed by atoms with Gasteiger partial charge in [0.1, 0.15) is 0 Å². The van der Waals surface area contributed by atoms with Crippen LogP contribution in [-0.2, 0) is 16.1 Å². The van der Waals surface area contributed by atoms with Gasteiger partial charge in [0.15, 0.2) is 5.76 Å². The van der Waals surface area contributed by atoms with Crippen LogP contribution < -0.4 is 11.3 Å². The minimum Gasteiger partial charge on any atom is -0.459 e. The molecule has 19 heavy (non-hydrogen) atoms. The van der Waals surface area contributed by atoms with Crippen LogP contribution >= 0.6 is 0 Å². The van der Waals surface area contributed by atoms with Gasteiger partial charge in [0, 0.05) is 18.4 Å². The van der Waals surface area contributed by atoms with Gasteiger partial charge in [0.2, 0.25) is 11.8 Å². The molecule has 3 N–H and O–H groups in total. The first kappa shape index (κ1) is 13.3. The molecule has 7 nitrogen and oxygen atoms in total. The second-order valence-electron chi connectivity index (χ2n) is 4.64. The summed E-state index contributed by atoms with van der Waals surface area (Å²) in [6, 6.07) is 1.54. The number of piperidine rings is 1. The minimum atomic E-state index is -0.592. The standard InChI is InChI=1S/C12H15N3O4/c1-7-4-9(16)15(10(17)5-7)6-8-2-3-19-11(8)12(18)14-13/h2-3,7H,4-6,13H2,1H3,(H,14,18). The normalized spacial score (nSPS) is 16.8. The van der Waals surface area contributed by atoms with E-state index in [1.54, 1.807) is 6.07 Å². The number of carbonyl (C=O) groups is 3. The Hall–Kier alpha value is -2.15. The Kier molecular flexibility index (Phi) is 3.66. The molecule has 2 rings (SSSR count). The molecule has 3 amide bonds. The maximum Gasteiger partial charge on any atom is 0.301 e. The average molecular weight is 265 g/mol. The maximum atomic E-state index is 11.8. The van der Waals surface area contributed by atoms with Crippen molar-refractivity contribution in [2.75, 3.05) is 0 Å². The molecule has 7 heteroatoms. The van der Waals surface area contributed by atoms with E-state index in [1.807, 2.05) is 12.3 Å². The number of nitrogen functional groups attached to an aromatic ring is 1. The summed E-state index contributed by atoms with van der Waals surface area (Å²) in [6.45, 7) is 1.89. The molecular weight excluding hydrogens is 250 g/mol. The summed E-state index contributed by atoms with van der Waals surface area (Å²) in [5, 5.41) is 0. The van der Waals surface area contributed by atoms with Gasteiger partial charge >= 0.3 is 5.91 Å². The third-order valence-corrected chi connectivity index (χ3v) is 3.06. The van der Waals surface area contributed by atoms with Crippen LogP contribution in [0.5, 0.6) is 0 Å². The Morgan fingerprint density at radius 3 is 2.68 bits per heavy atom. The molecule has 0 atom stereocenters. The molecule has 0 unspecified atom stereocenters. The summed E-state index contributed by atoms with van der Waals surface area (Å²) in [4.78, 5) is 36.3. The van der Waals surface area contributed by atoms with Gasteiger partial charge in [-0.3, -0.25) is 24.7 Å². The summed E-state index contributed by atoms with van der Waals surface area (Å²) in [5.41, 5.74) is 2.41. The lowest BCUT2D eigenvalue weighted by atomic mass is 9.97. The minimum absolute atomic E-state index is 0.0155. The molecule has 0 aromatic carbocycles. The first-order valence-electron chi connectivity index (χ1n) is 5.93. The first-order valence-corrected chi connectivity index (χ1v) is 5.93. The van der Waals surface area contributed by atoms with Crippen LogP contribution in [0.1, 0.15) is 35.9 Å². The van der Waals surface area contributed by atoms with E-state index in [0.717, 1.165) is 4.90 Å². The van der Waals surface area contributed by atoms with Gasteiger partial charge < -0.3 is 4.42 Å². The fraction of sp³-hybridized carbons (Fsp3) is 0.417. The van der Waals surface area contributed by atoms with Gasteiger partial charge in [0.05, 0.1) is 12.8 Å². The Morgan fingerprint density at radius 2 is 2.11 bits per heavy atom. The summed E-state index contributed by atoms with van der Waals surface area (Å²) in [6.07, 6.45) is 1.99. The van der Waals surface area contributed by atoms with E-state index in [9.17, 15) is 14.4 Å². The molecule has 1 fully saturated rings. The maximum absolute atomic E-state index is 11.8. The molecule has 0 spiro atoms. The summed E-state index contributed by atoms with van der Waals surface area (Å²) in [5.74, 6) is 4.05. The molecular formula is C12H15N3O4. The third kappa shape index (κ3) is 2.65. The fourth-order valence-electron chi connectivity index (χ4n) is 2.10. The Bertz CT molecular complexity index is 505. The number of hydrogen-bond donors (Lipinski definition) is 2. The average Bonchev–Trinajstić information content (AvgIpc) is 2.80. The van der Waals surface area contributed by atoms with Crippen LogP contribution in [0.2, 0.25) is 0 Å². The van der Waals surface area contributed by atoms with Crippen LogP contribution in [0, 0.1) is 5.92 Å². The number of hydrazine groups is 1. The smallest absolute Gasteiger partial charge is 0.301 e. The van der Waals surface area contributed by atoms with Crippen LogP contribution in [0.4, 0.5) is 0 Å². The fourth-order valence-corrected chi connectivity index (χ4v) is 2.10. The quantitative estimate of drug-likeness (QED) is 0.351. The van der Waals surface area contributed by atoms with Crippen molar-refractivity contribution < 1.29 is 18.8 Å². The van der Waals surface area contributed by atoms with Gasteiger partial charge in [-0.05, 0) is 12.0 Å². The molecule has 1 aliphatic heterocycles. The predicted octanol–water partition coefficient (Wildman–Crippen LogP) is 0.168. The molecule has 1 aliphatic rings. The van der Waals surface area contributed by atoms with Gasteiger partial charge in [-0.2, -0.15) is 0 Å². The molecule has 1 saturated heterocycles. The second-order valence-corrected chi connectivity index (χ2v) is 4.64. The molecule has 1 aromatic heterocycles. The van der Waals surface area contributed by atoms with Crippen molar-refractivity contribution >= 4 is 17.7 Å². The van der Waals surface area contributed by atoms with Crippen LogP contribution in [0.3, 0.4) is 0 Å². The highest BCUT2D eigenvalue weighted by Gasteiger charge is 2.31. The zero-order valence-electron chi connectivity index (χ0n) is 10.5. The zero-order chi connectivity index (χ0) is 14.0. The molecule has 2 heterocycles. The van der Waals surface area contributed by atoms with Crippen molar-refractivity contribution in [1.29, 1.82) is 0 Å². The van der Waals surface area contributed by atoms with E-state index < -0.39 is 5.91 Å². The highest BCUT2D eigenvalue weighted by molar-refractivity contribution is 5.98. The SMILES string of the molecule is CC1CC(=O)N(Cc2ccoc2C(=O)NN)C(=O)C1. The van der Waals surface area contributed by atoms with Gasteiger partial charge in [-0.15, -0.1) is 0 Å². The van der Waals surface area contributed by atoms with E-state index >= 15 is 0 Å². The van der Waals surface area contributed by atoms with Crippen molar-refractivity contribution in [3.8, 4) is 0 Å². The number of furan rings is 1. The number of likely N-dealkylation sites (tertiary alicyclic amines) is 1. The molecule has 0 radical (unpaired) electrons. The Morgan fingerprint density at radius 1 is 1.47 bits per heavy atom. The number of nitrogens with one attached hydrogen (secondary N) is 1. The van der Waals surface area contributed by atoms with E-state index in [1.165, 1.54) is 6.26 Å². The number of carbonyl (C=O) groups excluding carboxylic acids is 3. The first-order chi connectivity index (χ1) is 9.02. The van der Waals surface area contributed by atoms with Crippen LogP contribution in [0.25, 0.3) is 0 Å². The number of nitrogens with two attached hydrogens (primary N) is 1. The number of amides is 3. The molecule has 1 aromatic rings. The number of imide groups is 1.